The maximum atomic E-state index is 10.6. The molecule has 4 nitrogen and oxygen atoms in total. The zero-order valence-corrected chi connectivity index (χ0v) is 10.4. The van der Waals surface area contributed by atoms with E-state index in [1.165, 1.54) is 5.56 Å². The first-order valence-corrected chi connectivity index (χ1v) is 5.76. The molecule has 0 saturated heterocycles. The Kier molecular flexibility index (Phi) is 5.49. The summed E-state index contributed by atoms with van der Waals surface area (Å²) in [7, 11) is 1.66. The second-order valence-electron chi connectivity index (χ2n) is 4.14. The molecule has 0 saturated carbocycles. The van der Waals surface area contributed by atoms with E-state index in [1.54, 1.807) is 7.11 Å². The zero-order valence-electron chi connectivity index (χ0n) is 10.4. The maximum absolute atomic E-state index is 10.6. The highest BCUT2D eigenvalue weighted by Gasteiger charge is 2.03. The van der Waals surface area contributed by atoms with Crippen molar-refractivity contribution >= 4 is 5.91 Å². The second kappa shape index (κ2) is 6.91. The van der Waals surface area contributed by atoms with Gasteiger partial charge in [0.15, 0.2) is 0 Å². The van der Waals surface area contributed by atoms with E-state index in [4.69, 9.17) is 10.5 Å². The van der Waals surface area contributed by atoms with Crippen LogP contribution in [0.2, 0.25) is 0 Å². The van der Waals surface area contributed by atoms with E-state index in [9.17, 15) is 4.79 Å². The topological polar surface area (TPSA) is 64.3 Å². The van der Waals surface area contributed by atoms with Gasteiger partial charge in [-0.1, -0.05) is 12.1 Å². The number of ether oxygens (including phenoxy) is 1. The van der Waals surface area contributed by atoms with Gasteiger partial charge in [-0.25, -0.2) is 0 Å². The van der Waals surface area contributed by atoms with Gasteiger partial charge in [0.1, 0.15) is 5.75 Å². The fourth-order valence-corrected chi connectivity index (χ4v) is 1.55. The molecule has 0 aromatic heterocycles. The third kappa shape index (κ3) is 5.36. The van der Waals surface area contributed by atoms with Gasteiger partial charge in [-0.2, -0.15) is 0 Å². The van der Waals surface area contributed by atoms with Crippen LogP contribution in [0.15, 0.2) is 24.3 Å². The van der Waals surface area contributed by atoms with E-state index in [0.29, 0.717) is 0 Å². The van der Waals surface area contributed by atoms with Gasteiger partial charge < -0.3 is 15.8 Å². The molecule has 0 aliphatic carbocycles. The van der Waals surface area contributed by atoms with Gasteiger partial charge in [-0.3, -0.25) is 4.79 Å². The Hall–Kier alpha value is -1.55. The summed E-state index contributed by atoms with van der Waals surface area (Å²) in [6, 6.07) is 8.30. The lowest BCUT2D eigenvalue weighted by Gasteiger charge is -2.12. The predicted molar refractivity (Wildman–Crippen MR) is 68.0 cm³/mol. The summed E-state index contributed by atoms with van der Waals surface area (Å²) in [6.45, 7) is 2.29. The molecule has 1 rings (SSSR count). The molecule has 3 N–H and O–H groups in total. The Bertz CT molecular complexity index is 349. The van der Waals surface area contributed by atoms with Crippen LogP contribution >= 0.6 is 0 Å². The van der Waals surface area contributed by atoms with E-state index in [1.807, 2.05) is 19.1 Å². The molecule has 0 heterocycles. The molecule has 0 aliphatic rings. The van der Waals surface area contributed by atoms with Crippen molar-refractivity contribution in [1.29, 1.82) is 0 Å². The SMILES string of the molecule is COc1ccc(CCC(C)NCC(N)=O)cc1. The zero-order chi connectivity index (χ0) is 12.7. The fourth-order valence-electron chi connectivity index (χ4n) is 1.55. The van der Waals surface area contributed by atoms with Crippen molar-refractivity contribution in [3.63, 3.8) is 0 Å². The highest BCUT2D eigenvalue weighted by atomic mass is 16.5. The van der Waals surface area contributed by atoms with Crippen LogP contribution < -0.4 is 15.8 Å². The van der Waals surface area contributed by atoms with Crippen LogP contribution in [0.3, 0.4) is 0 Å². The Morgan fingerprint density at radius 1 is 1.41 bits per heavy atom. The first kappa shape index (κ1) is 13.5. The van der Waals surface area contributed by atoms with Gasteiger partial charge in [-0.15, -0.1) is 0 Å². The Balaban J connectivity index is 2.31. The molecule has 0 fully saturated rings. The Morgan fingerprint density at radius 2 is 2.06 bits per heavy atom. The minimum Gasteiger partial charge on any atom is -0.497 e. The summed E-state index contributed by atoms with van der Waals surface area (Å²) in [4.78, 5) is 10.6. The highest BCUT2D eigenvalue weighted by Crippen LogP contribution is 2.13. The molecule has 17 heavy (non-hydrogen) atoms. The number of nitrogens with one attached hydrogen (secondary N) is 1. The van der Waals surface area contributed by atoms with Crippen LogP contribution in [0, 0.1) is 0 Å². The van der Waals surface area contributed by atoms with Crippen molar-refractivity contribution in [3.8, 4) is 5.75 Å². The molecule has 1 aromatic carbocycles. The number of primary amides is 1. The number of nitrogens with two attached hydrogens (primary N) is 1. The van der Waals surface area contributed by atoms with Crippen LogP contribution in [0.4, 0.5) is 0 Å². The average molecular weight is 236 g/mol. The van der Waals surface area contributed by atoms with Crippen LogP contribution in [0.1, 0.15) is 18.9 Å². The molecular weight excluding hydrogens is 216 g/mol. The van der Waals surface area contributed by atoms with Crippen LogP contribution in [-0.4, -0.2) is 25.6 Å². The van der Waals surface area contributed by atoms with Gasteiger partial charge >= 0.3 is 0 Å². The molecule has 94 valence electrons. The van der Waals surface area contributed by atoms with E-state index in [2.05, 4.69) is 17.4 Å². The van der Waals surface area contributed by atoms with Crippen molar-refractivity contribution in [1.82, 2.24) is 5.32 Å². The Morgan fingerprint density at radius 3 is 2.59 bits per heavy atom. The Labute approximate surface area is 102 Å². The third-order valence-electron chi connectivity index (χ3n) is 2.65. The van der Waals surface area contributed by atoms with Crippen LogP contribution in [0.25, 0.3) is 0 Å². The molecule has 4 heteroatoms. The maximum Gasteiger partial charge on any atom is 0.231 e. The van der Waals surface area contributed by atoms with Crippen molar-refractivity contribution in [2.75, 3.05) is 13.7 Å². The lowest BCUT2D eigenvalue weighted by atomic mass is 10.1. The molecule has 0 spiro atoms. The number of rotatable bonds is 7. The molecule has 0 aliphatic heterocycles. The number of aryl methyl sites for hydroxylation is 1. The number of carbonyl (C=O) groups excluding carboxylic acids is 1. The van der Waals surface area contributed by atoms with Crippen LogP contribution in [-0.2, 0) is 11.2 Å². The first-order valence-electron chi connectivity index (χ1n) is 5.76. The summed E-state index contributed by atoms with van der Waals surface area (Å²) < 4.78 is 5.10. The van der Waals surface area contributed by atoms with E-state index < -0.39 is 0 Å². The van der Waals surface area contributed by atoms with Crippen molar-refractivity contribution in [3.05, 3.63) is 29.8 Å². The normalized spacial score (nSPS) is 12.1. The fraction of sp³-hybridized carbons (Fsp3) is 0.462. The van der Waals surface area contributed by atoms with Crippen molar-refractivity contribution < 1.29 is 9.53 Å². The van der Waals surface area contributed by atoms with Gasteiger partial charge in [0.05, 0.1) is 13.7 Å². The molecule has 0 bridgehead atoms. The lowest BCUT2D eigenvalue weighted by Crippen LogP contribution is -2.35. The number of benzene rings is 1. The summed E-state index contributed by atoms with van der Waals surface area (Å²) in [5, 5.41) is 3.08. The largest absolute Gasteiger partial charge is 0.497 e. The van der Waals surface area contributed by atoms with Gasteiger partial charge in [-0.05, 0) is 37.5 Å². The summed E-state index contributed by atoms with van der Waals surface area (Å²) >= 11 is 0. The monoisotopic (exact) mass is 236 g/mol. The van der Waals surface area contributed by atoms with Crippen molar-refractivity contribution in [2.45, 2.75) is 25.8 Å². The average Bonchev–Trinajstić information content (AvgIpc) is 2.34. The minimum absolute atomic E-state index is 0.240. The molecule has 1 amide bonds. The number of amides is 1. The minimum atomic E-state index is -0.318. The smallest absolute Gasteiger partial charge is 0.231 e. The second-order valence-corrected chi connectivity index (χ2v) is 4.14. The number of hydrogen-bond donors (Lipinski definition) is 2. The van der Waals surface area contributed by atoms with Crippen LogP contribution in [0.5, 0.6) is 5.75 Å². The summed E-state index contributed by atoms with van der Waals surface area (Å²) in [5.74, 6) is 0.551. The molecule has 0 radical (unpaired) electrons. The predicted octanol–water partition coefficient (Wildman–Crippen LogP) is 1.09. The van der Waals surface area contributed by atoms with Gasteiger partial charge in [0.2, 0.25) is 5.91 Å². The van der Waals surface area contributed by atoms with Gasteiger partial charge in [0.25, 0.3) is 0 Å². The van der Waals surface area contributed by atoms with Gasteiger partial charge in [0, 0.05) is 6.04 Å². The number of hydrogen-bond acceptors (Lipinski definition) is 3. The first-order chi connectivity index (χ1) is 8.11. The summed E-state index contributed by atoms with van der Waals surface area (Å²) in [5.41, 5.74) is 6.33. The molecular formula is C13H20N2O2. The quantitative estimate of drug-likeness (QED) is 0.745. The number of carbonyl (C=O) groups is 1. The standard InChI is InChI=1S/C13H20N2O2/c1-10(15-9-13(14)16)3-4-11-5-7-12(17-2)8-6-11/h5-8,10,15H,3-4,9H2,1-2H3,(H2,14,16). The third-order valence-corrected chi connectivity index (χ3v) is 2.65. The van der Waals surface area contributed by atoms with E-state index >= 15 is 0 Å². The van der Waals surface area contributed by atoms with E-state index in [-0.39, 0.29) is 18.5 Å². The highest BCUT2D eigenvalue weighted by molar-refractivity contribution is 5.75. The molecule has 1 unspecified atom stereocenters. The number of methoxy groups -OCH3 is 1. The lowest BCUT2D eigenvalue weighted by molar-refractivity contribution is -0.117. The van der Waals surface area contributed by atoms with Crippen molar-refractivity contribution in [2.24, 2.45) is 5.73 Å². The molecule has 1 aromatic rings. The van der Waals surface area contributed by atoms with E-state index in [0.717, 1.165) is 18.6 Å². The summed E-state index contributed by atoms with van der Waals surface area (Å²) in [6.07, 6.45) is 1.94. The molecule has 1 atom stereocenters.